The summed E-state index contributed by atoms with van der Waals surface area (Å²) in [6.07, 6.45) is 1.05. The van der Waals surface area contributed by atoms with E-state index in [0.717, 1.165) is 24.5 Å². The van der Waals surface area contributed by atoms with Crippen LogP contribution in [0.1, 0.15) is 24.1 Å². The lowest BCUT2D eigenvalue weighted by Crippen LogP contribution is -2.41. The summed E-state index contributed by atoms with van der Waals surface area (Å²) in [5.74, 6) is 1.74. The number of rotatable bonds is 1. The van der Waals surface area contributed by atoms with Gasteiger partial charge in [-0.1, -0.05) is 0 Å². The summed E-state index contributed by atoms with van der Waals surface area (Å²) in [6, 6.07) is 4.63. The van der Waals surface area contributed by atoms with Crippen LogP contribution in [-0.2, 0) is 6.42 Å². The lowest BCUT2D eigenvalue weighted by Gasteiger charge is -2.37. The maximum atomic E-state index is 6.13. The Kier molecular flexibility index (Phi) is 2.92. The minimum atomic E-state index is 0.108. The van der Waals surface area contributed by atoms with Crippen LogP contribution in [0.5, 0.6) is 11.5 Å². The lowest BCUT2D eigenvalue weighted by molar-refractivity contribution is 0.167. The summed E-state index contributed by atoms with van der Waals surface area (Å²) in [7, 11) is 2.13. The van der Waals surface area contributed by atoms with Gasteiger partial charge >= 0.3 is 0 Å². The second kappa shape index (κ2) is 4.44. The molecule has 4 nitrogen and oxygen atoms in total. The van der Waals surface area contributed by atoms with Gasteiger partial charge in [0.25, 0.3) is 0 Å². The van der Waals surface area contributed by atoms with E-state index in [4.69, 9.17) is 15.2 Å². The molecule has 0 bridgehead atoms. The van der Waals surface area contributed by atoms with Crippen LogP contribution >= 0.6 is 0 Å². The molecule has 0 spiro atoms. The van der Waals surface area contributed by atoms with E-state index in [0.29, 0.717) is 13.2 Å². The first-order valence-corrected chi connectivity index (χ1v) is 6.55. The van der Waals surface area contributed by atoms with Crippen LogP contribution in [0.25, 0.3) is 0 Å². The van der Waals surface area contributed by atoms with Crippen molar-refractivity contribution in [2.24, 2.45) is 5.73 Å². The second-order valence-corrected chi connectivity index (χ2v) is 5.23. The molecule has 0 aromatic heterocycles. The Bertz CT molecular complexity index is 459. The van der Waals surface area contributed by atoms with E-state index in [1.165, 1.54) is 11.1 Å². The maximum absolute atomic E-state index is 6.13. The van der Waals surface area contributed by atoms with E-state index < -0.39 is 0 Å². The molecule has 0 saturated carbocycles. The molecule has 2 aliphatic heterocycles. The molecule has 2 N–H and O–H groups in total. The number of nitrogens with zero attached hydrogens (tertiary/aromatic N) is 1. The van der Waals surface area contributed by atoms with Crippen molar-refractivity contribution in [1.82, 2.24) is 4.90 Å². The van der Waals surface area contributed by atoms with Gasteiger partial charge in [0.1, 0.15) is 13.2 Å². The third kappa shape index (κ3) is 1.85. The number of benzene rings is 1. The molecule has 1 aromatic carbocycles. The highest BCUT2D eigenvalue weighted by Gasteiger charge is 2.29. The van der Waals surface area contributed by atoms with Gasteiger partial charge in [-0.25, -0.2) is 0 Å². The fourth-order valence-corrected chi connectivity index (χ4v) is 3.00. The molecule has 2 unspecified atom stereocenters. The van der Waals surface area contributed by atoms with Crippen molar-refractivity contribution in [2.45, 2.75) is 25.4 Å². The highest BCUT2D eigenvalue weighted by Crippen LogP contribution is 2.39. The Hall–Kier alpha value is -1.26. The third-order valence-electron chi connectivity index (χ3n) is 3.83. The lowest BCUT2D eigenvalue weighted by atomic mass is 9.89. The van der Waals surface area contributed by atoms with Crippen molar-refractivity contribution in [1.29, 1.82) is 0 Å². The van der Waals surface area contributed by atoms with E-state index in [-0.39, 0.29) is 12.1 Å². The van der Waals surface area contributed by atoms with Crippen molar-refractivity contribution >= 4 is 0 Å². The van der Waals surface area contributed by atoms with E-state index in [1.54, 1.807) is 0 Å². The molecule has 0 saturated heterocycles. The Morgan fingerprint density at radius 2 is 1.94 bits per heavy atom. The summed E-state index contributed by atoms with van der Waals surface area (Å²) in [4.78, 5) is 2.32. The fourth-order valence-electron chi connectivity index (χ4n) is 3.00. The summed E-state index contributed by atoms with van der Waals surface area (Å²) in [5.41, 5.74) is 8.78. The molecular weight excluding hydrogens is 228 g/mol. The predicted octanol–water partition coefficient (Wildman–Crippen LogP) is 1.33. The van der Waals surface area contributed by atoms with Crippen LogP contribution in [0, 0.1) is 0 Å². The van der Waals surface area contributed by atoms with Gasteiger partial charge in [0.2, 0.25) is 0 Å². The molecule has 0 aliphatic carbocycles. The van der Waals surface area contributed by atoms with Crippen molar-refractivity contribution in [2.75, 3.05) is 26.8 Å². The molecule has 18 heavy (non-hydrogen) atoms. The van der Waals surface area contributed by atoms with Gasteiger partial charge in [-0.2, -0.15) is 0 Å². The monoisotopic (exact) mass is 248 g/mol. The van der Waals surface area contributed by atoms with Gasteiger partial charge in [-0.05, 0) is 43.7 Å². The molecule has 0 radical (unpaired) electrons. The van der Waals surface area contributed by atoms with Crippen LogP contribution in [0.3, 0.4) is 0 Å². The first-order chi connectivity index (χ1) is 8.66. The zero-order chi connectivity index (χ0) is 12.7. The van der Waals surface area contributed by atoms with E-state index >= 15 is 0 Å². The normalized spacial score (nSPS) is 24.5. The number of hydrogen-bond donors (Lipinski definition) is 1. The summed E-state index contributed by atoms with van der Waals surface area (Å²) >= 11 is 0. The summed E-state index contributed by atoms with van der Waals surface area (Å²) < 4.78 is 11.3. The number of ether oxygens (including phenoxy) is 2. The Labute approximate surface area is 108 Å². The minimum Gasteiger partial charge on any atom is -0.486 e. The molecule has 98 valence electrons. The van der Waals surface area contributed by atoms with E-state index in [2.05, 4.69) is 31.0 Å². The average Bonchev–Trinajstić information content (AvgIpc) is 2.36. The third-order valence-corrected chi connectivity index (χ3v) is 3.83. The zero-order valence-electron chi connectivity index (χ0n) is 11.0. The smallest absolute Gasteiger partial charge is 0.161 e. The quantitative estimate of drug-likeness (QED) is 0.814. The molecule has 1 aromatic rings. The van der Waals surface area contributed by atoms with Crippen LogP contribution in [-0.4, -0.2) is 37.7 Å². The number of hydrogen-bond acceptors (Lipinski definition) is 4. The number of nitrogens with two attached hydrogens (primary N) is 1. The highest BCUT2D eigenvalue weighted by molar-refractivity contribution is 5.50. The van der Waals surface area contributed by atoms with Gasteiger partial charge in [-0.15, -0.1) is 0 Å². The van der Waals surface area contributed by atoms with E-state index in [9.17, 15) is 0 Å². The Morgan fingerprint density at radius 3 is 2.61 bits per heavy atom. The highest BCUT2D eigenvalue weighted by atomic mass is 16.6. The molecule has 3 rings (SSSR count). The van der Waals surface area contributed by atoms with Gasteiger partial charge in [0.15, 0.2) is 11.5 Å². The first kappa shape index (κ1) is 11.8. The average molecular weight is 248 g/mol. The second-order valence-electron chi connectivity index (χ2n) is 5.23. The van der Waals surface area contributed by atoms with Gasteiger partial charge in [0, 0.05) is 18.6 Å². The number of likely N-dealkylation sites (N-methyl/N-ethyl adjacent to an activating group) is 1. The topological polar surface area (TPSA) is 47.7 Å². The van der Waals surface area contributed by atoms with Gasteiger partial charge in [-0.3, -0.25) is 4.90 Å². The van der Waals surface area contributed by atoms with Gasteiger partial charge in [0.05, 0.1) is 0 Å². The van der Waals surface area contributed by atoms with Crippen molar-refractivity contribution in [3.8, 4) is 11.5 Å². The van der Waals surface area contributed by atoms with Crippen LogP contribution in [0.15, 0.2) is 12.1 Å². The van der Waals surface area contributed by atoms with Crippen LogP contribution < -0.4 is 15.2 Å². The Balaban J connectivity index is 2.06. The first-order valence-electron chi connectivity index (χ1n) is 6.55. The van der Waals surface area contributed by atoms with Crippen LogP contribution in [0.4, 0.5) is 0 Å². The zero-order valence-corrected chi connectivity index (χ0v) is 11.0. The maximum Gasteiger partial charge on any atom is 0.161 e. The molecule has 0 fully saturated rings. The largest absolute Gasteiger partial charge is 0.486 e. The summed E-state index contributed by atoms with van der Waals surface area (Å²) in [5, 5.41) is 0. The molecule has 2 heterocycles. The van der Waals surface area contributed by atoms with Crippen molar-refractivity contribution in [3.63, 3.8) is 0 Å². The fraction of sp³-hybridized carbons (Fsp3) is 0.571. The Morgan fingerprint density at radius 1 is 1.28 bits per heavy atom. The number of fused-ring (bicyclic) bond motifs is 2. The summed E-state index contributed by atoms with van der Waals surface area (Å²) in [6.45, 7) is 4.37. The molecule has 2 atom stereocenters. The molecule has 4 heteroatoms. The standard InChI is InChI=1S/C14H20N2O2/c1-9(15)14-11-8-13-12(17-5-6-18-13)7-10(11)3-4-16(14)2/h7-9,14H,3-6,15H2,1-2H3. The molecular formula is C14H20N2O2. The van der Waals surface area contributed by atoms with E-state index in [1.807, 2.05) is 0 Å². The molecule has 2 aliphatic rings. The molecule has 0 amide bonds. The SMILES string of the molecule is CC(N)C1c2cc3c(cc2CCN1C)OCCO3. The minimum absolute atomic E-state index is 0.108. The van der Waals surface area contributed by atoms with Crippen LogP contribution in [0.2, 0.25) is 0 Å². The van der Waals surface area contributed by atoms with Crippen molar-refractivity contribution < 1.29 is 9.47 Å². The predicted molar refractivity (Wildman–Crippen MR) is 70.2 cm³/mol. The van der Waals surface area contributed by atoms with Crippen molar-refractivity contribution in [3.05, 3.63) is 23.3 Å². The van der Waals surface area contributed by atoms with Gasteiger partial charge < -0.3 is 15.2 Å².